The fraction of sp³-hybridized carbons (Fsp3) is 0.261. The lowest BCUT2D eigenvalue weighted by Gasteiger charge is -2.02. The van der Waals surface area contributed by atoms with Gasteiger partial charge in [-0.3, -0.25) is 10.1 Å². The van der Waals surface area contributed by atoms with Crippen LogP contribution in [0, 0.1) is 6.92 Å². The number of para-hydroxylation sites is 1. The highest BCUT2D eigenvalue weighted by molar-refractivity contribution is 7.99. The van der Waals surface area contributed by atoms with Crippen LogP contribution in [-0.2, 0) is 4.79 Å². The Morgan fingerprint density at radius 1 is 1.13 bits per heavy atom. The Bertz CT molecular complexity index is 1170. The molecule has 31 heavy (non-hydrogen) atoms. The zero-order chi connectivity index (χ0) is 21.6. The number of anilines is 1. The summed E-state index contributed by atoms with van der Waals surface area (Å²) >= 11 is 1.73. The van der Waals surface area contributed by atoms with Gasteiger partial charge in [0, 0.05) is 16.7 Å². The average molecular weight is 438 g/mol. The van der Waals surface area contributed by atoms with Crippen LogP contribution in [0.4, 0.5) is 6.01 Å². The van der Waals surface area contributed by atoms with E-state index in [9.17, 15) is 4.79 Å². The van der Waals surface area contributed by atoms with Gasteiger partial charge in [-0.05, 0) is 50.3 Å². The van der Waals surface area contributed by atoms with Crippen LogP contribution in [0.3, 0.4) is 0 Å². The van der Waals surface area contributed by atoms with Crippen molar-refractivity contribution < 1.29 is 18.4 Å². The molecule has 1 amide bonds. The fourth-order valence-corrected chi connectivity index (χ4v) is 3.88. The molecule has 0 radical (unpaired) electrons. The maximum absolute atomic E-state index is 12.2. The Kier molecular flexibility index (Phi) is 6.57. The van der Waals surface area contributed by atoms with Crippen LogP contribution in [0.25, 0.3) is 22.6 Å². The van der Waals surface area contributed by atoms with E-state index in [0.29, 0.717) is 30.1 Å². The molecule has 0 unspecified atom stereocenters. The largest absolute Gasteiger partial charge is 0.490 e. The third-order valence-corrected chi connectivity index (χ3v) is 5.63. The zero-order valence-electron chi connectivity index (χ0n) is 17.4. The number of aryl methyl sites for hydroxylation is 1. The number of nitrogens with one attached hydrogen (secondary N) is 1. The lowest BCUT2D eigenvalue weighted by atomic mass is 10.2. The first-order chi connectivity index (χ1) is 15.1. The van der Waals surface area contributed by atoms with Gasteiger partial charge in [-0.1, -0.05) is 34.9 Å². The lowest BCUT2D eigenvalue weighted by Crippen LogP contribution is -2.11. The molecule has 0 aliphatic carbocycles. The van der Waals surface area contributed by atoms with E-state index in [4.69, 9.17) is 13.6 Å². The first-order valence-corrected chi connectivity index (χ1v) is 11.1. The summed E-state index contributed by atoms with van der Waals surface area (Å²) in [5.74, 6) is 1.96. The molecule has 0 saturated carbocycles. The number of furan rings is 1. The van der Waals surface area contributed by atoms with Gasteiger partial charge in [0.25, 0.3) is 5.89 Å². The van der Waals surface area contributed by atoms with Crippen LogP contribution in [0.5, 0.6) is 5.75 Å². The zero-order valence-corrected chi connectivity index (χ0v) is 18.2. The quantitative estimate of drug-likeness (QED) is 0.265. The van der Waals surface area contributed by atoms with Crippen LogP contribution in [0.2, 0.25) is 0 Å². The Morgan fingerprint density at radius 3 is 2.77 bits per heavy atom. The first-order valence-electron chi connectivity index (χ1n) is 10.1. The summed E-state index contributed by atoms with van der Waals surface area (Å²) in [4.78, 5) is 13.4. The summed E-state index contributed by atoms with van der Waals surface area (Å²) in [6.45, 7) is 4.51. The Labute approximate surface area is 184 Å². The van der Waals surface area contributed by atoms with Gasteiger partial charge in [-0.25, -0.2) is 0 Å². The van der Waals surface area contributed by atoms with E-state index >= 15 is 0 Å². The van der Waals surface area contributed by atoms with Crippen molar-refractivity contribution in [2.75, 3.05) is 17.7 Å². The van der Waals surface area contributed by atoms with Gasteiger partial charge in [-0.2, -0.15) is 0 Å². The number of aromatic nitrogens is 2. The third-order valence-electron chi connectivity index (χ3n) is 4.53. The molecule has 0 aliphatic heterocycles. The van der Waals surface area contributed by atoms with Crippen LogP contribution in [-0.4, -0.2) is 28.5 Å². The number of carbonyl (C=O) groups is 1. The van der Waals surface area contributed by atoms with Crippen LogP contribution in [0.1, 0.15) is 25.3 Å². The highest BCUT2D eigenvalue weighted by Crippen LogP contribution is 2.33. The van der Waals surface area contributed by atoms with Crippen molar-refractivity contribution in [3.63, 3.8) is 0 Å². The van der Waals surface area contributed by atoms with Crippen molar-refractivity contribution in [2.45, 2.75) is 31.6 Å². The molecule has 0 spiro atoms. The van der Waals surface area contributed by atoms with Crippen LogP contribution < -0.4 is 10.1 Å². The molecule has 8 heteroatoms. The van der Waals surface area contributed by atoms with Crippen LogP contribution >= 0.6 is 11.8 Å². The number of benzene rings is 2. The second-order valence-electron chi connectivity index (χ2n) is 6.94. The molecule has 0 atom stereocenters. The van der Waals surface area contributed by atoms with Gasteiger partial charge in [0.15, 0.2) is 17.1 Å². The van der Waals surface area contributed by atoms with Gasteiger partial charge >= 0.3 is 6.01 Å². The number of nitrogens with zero attached hydrogens (tertiary/aromatic N) is 2. The van der Waals surface area contributed by atoms with E-state index in [1.807, 2.05) is 25.1 Å². The molecular weight excluding hydrogens is 414 g/mol. The van der Waals surface area contributed by atoms with Gasteiger partial charge in [-0.15, -0.1) is 16.9 Å². The standard InChI is InChI=1S/C23H23N3O4S/c1-3-28-18-7-4-6-16-14-19(29-21(16)18)22-25-26-23(30-22)24-20(27)8-5-13-31-17-11-9-15(2)10-12-17/h4,6-7,9-12,14H,3,5,8,13H2,1-2H3,(H,24,26,27). The smallest absolute Gasteiger partial charge is 0.322 e. The summed E-state index contributed by atoms with van der Waals surface area (Å²) < 4.78 is 17.0. The Hall–Kier alpha value is -3.26. The molecular formula is C23H23N3O4S. The molecule has 1 N–H and O–H groups in total. The number of carbonyl (C=O) groups excluding carboxylic acids is 1. The highest BCUT2D eigenvalue weighted by atomic mass is 32.2. The molecule has 4 aromatic rings. The third kappa shape index (κ3) is 5.27. The van der Waals surface area contributed by atoms with Crippen LogP contribution in [0.15, 0.2) is 62.3 Å². The number of hydrogen-bond acceptors (Lipinski definition) is 7. The Balaban J connectivity index is 1.31. The maximum atomic E-state index is 12.2. The van der Waals surface area contributed by atoms with Crippen molar-refractivity contribution in [1.82, 2.24) is 10.2 Å². The number of rotatable bonds is 9. The molecule has 0 saturated heterocycles. The van der Waals surface area contributed by atoms with Crippen molar-refractivity contribution in [2.24, 2.45) is 0 Å². The van der Waals surface area contributed by atoms with E-state index in [1.54, 1.807) is 17.8 Å². The number of thioether (sulfide) groups is 1. The Morgan fingerprint density at radius 2 is 1.97 bits per heavy atom. The number of hydrogen-bond donors (Lipinski definition) is 1. The molecule has 160 valence electrons. The SMILES string of the molecule is CCOc1cccc2cc(-c3nnc(NC(=O)CCCSc4ccc(C)cc4)o3)oc12. The van der Waals surface area contributed by atoms with Crippen molar-refractivity contribution in [3.8, 4) is 17.4 Å². The maximum Gasteiger partial charge on any atom is 0.322 e. The predicted octanol–water partition coefficient (Wildman–Crippen LogP) is 5.70. The summed E-state index contributed by atoms with van der Waals surface area (Å²) in [7, 11) is 0. The minimum Gasteiger partial charge on any atom is -0.490 e. The summed E-state index contributed by atoms with van der Waals surface area (Å²) in [6, 6.07) is 15.9. The topological polar surface area (TPSA) is 90.4 Å². The second-order valence-corrected chi connectivity index (χ2v) is 8.11. The predicted molar refractivity (Wildman–Crippen MR) is 120 cm³/mol. The molecule has 0 aliphatic rings. The second kappa shape index (κ2) is 9.70. The molecule has 0 fully saturated rings. The van der Waals surface area contributed by atoms with Gasteiger partial charge < -0.3 is 13.6 Å². The summed E-state index contributed by atoms with van der Waals surface area (Å²) in [5, 5.41) is 11.4. The minimum absolute atomic E-state index is 0.0525. The van der Waals surface area contributed by atoms with E-state index in [-0.39, 0.29) is 17.8 Å². The molecule has 4 rings (SSSR count). The highest BCUT2D eigenvalue weighted by Gasteiger charge is 2.17. The lowest BCUT2D eigenvalue weighted by molar-refractivity contribution is -0.116. The average Bonchev–Trinajstić information content (AvgIpc) is 3.40. The van der Waals surface area contributed by atoms with E-state index in [1.165, 1.54) is 10.5 Å². The van der Waals surface area contributed by atoms with E-state index < -0.39 is 0 Å². The first kappa shape index (κ1) is 21.0. The summed E-state index contributed by atoms with van der Waals surface area (Å²) in [5.41, 5.74) is 1.86. The molecule has 2 aromatic carbocycles. The van der Waals surface area contributed by atoms with E-state index in [2.05, 4.69) is 46.7 Å². The number of fused-ring (bicyclic) bond motifs is 1. The molecule has 2 heterocycles. The number of amides is 1. The fourth-order valence-electron chi connectivity index (χ4n) is 3.02. The monoisotopic (exact) mass is 437 g/mol. The van der Waals surface area contributed by atoms with Crippen molar-refractivity contribution >= 4 is 34.7 Å². The van der Waals surface area contributed by atoms with Gasteiger partial charge in [0.1, 0.15) is 0 Å². The number of ether oxygens (including phenoxy) is 1. The van der Waals surface area contributed by atoms with Crippen molar-refractivity contribution in [3.05, 3.63) is 54.1 Å². The summed E-state index contributed by atoms with van der Waals surface area (Å²) in [6.07, 6.45) is 1.12. The van der Waals surface area contributed by atoms with Gasteiger partial charge in [0.2, 0.25) is 5.91 Å². The molecule has 0 bridgehead atoms. The van der Waals surface area contributed by atoms with Crippen molar-refractivity contribution in [1.29, 1.82) is 0 Å². The van der Waals surface area contributed by atoms with Gasteiger partial charge in [0.05, 0.1) is 6.61 Å². The normalized spacial score (nSPS) is 11.0. The molecule has 7 nitrogen and oxygen atoms in total. The molecule has 2 aromatic heterocycles. The minimum atomic E-state index is -0.164. The van der Waals surface area contributed by atoms with E-state index in [0.717, 1.165) is 17.6 Å².